The van der Waals surface area contributed by atoms with Crippen molar-refractivity contribution in [1.82, 2.24) is 0 Å². The Hall–Kier alpha value is -1.23. The van der Waals surface area contributed by atoms with Crippen LogP contribution in [-0.2, 0) is 14.6 Å². The molecule has 2 aliphatic rings. The van der Waals surface area contributed by atoms with Crippen LogP contribution in [-0.4, -0.2) is 16.7 Å². The summed E-state index contributed by atoms with van der Waals surface area (Å²) >= 11 is 0. The monoisotopic (exact) mass is 262 g/mol. The van der Waals surface area contributed by atoms with Crippen molar-refractivity contribution in [3.8, 4) is 0 Å². The highest BCUT2D eigenvalue weighted by atomic mass is 17.2. The van der Waals surface area contributed by atoms with E-state index in [-0.39, 0.29) is 11.9 Å². The first kappa shape index (κ1) is 12.8. The van der Waals surface area contributed by atoms with Crippen LogP contribution >= 0.6 is 0 Å². The molecule has 1 aliphatic carbocycles. The molecule has 1 aromatic rings. The highest BCUT2D eigenvalue weighted by Crippen LogP contribution is 2.52. The molecule has 102 valence electrons. The van der Waals surface area contributed by atoms with E-state index in [2.05, 4.69) is 0 Å². The van der Waals surface area contributed by atoms with Crippen molar-refractivity contribution < 1.29 is 19.7 Å². The lowest BCUT2D eigenvalue weighted by atomic mass is 9.65. The molecule has 0 aromatic heterocycles. The summed E-state index contributed by atoms with van der Waals surface area (Å²) in [5.41, 5.74) is 0.0773. The maximum atomic E-state index is 12.2. The summed E-state index contributed by atoms with van der Waals surface area (Å²) in [6, 6.07) is 9.65. The Balaban J connectivity index is 1.90. The number of aliphatic hydroxyl groups is 1. The zero-order valence-electron chi connectivity index (χ0n) is 11.0. The van der Waals surface area contributed by atoms with E-state index in [1.54, 1.807) is 6.92 Å². The molecule has 0 bridgehead atoms. The van der Waals surface area contributed by atoms with Gasteiger partial charge in [-0.1, -0.05) is 30.3 Å². The van der Waals surface area contributed by atoms with Gasteiger partial charge in [0.2, 0.25) is 5.79 Å². The maximum Gasteiger partial charge on any atom is 0.211 e. The molecule has 19 heavy (non-hydrogen) atoms. The Kier molecular flexibility index (Phi) is 2.96. The van der Waals surface area contributed by atoms with Gasteiger partial charge < -0.3 is 5.11 Å². The number of hydrogen-bond acceptors (Lipinski definition) is 4. The number of carbonyl (C=O) groups excluding carboxylic acids is 1. The van der Waals surface area contributed by atoms with Gasteiger partial charge in [0.25, 0.3) is 0 Å². The first-order valence-corrected chi connectivity index (χ1v) is 6.70. The first-order valence-electron chi connectivity index (χ1n) is 6.70. The Labute approximate surface area is 112 Å². The van der Waals surface area contributed by atoms with Crippen LogP contribution in [0.25, 0.3) is 0 Å². The molecule has 1 aliphatic heterocycles. The Morgan fingerprint density at radius 3 is 2.79 bits per heavy atom. The average molecular weight is 262 g/mol. The smallest absolute Gasteiger partial charge is 0.211 e. The summed E-state index contributed by atoms with van der Waals surface area (Å²) in [4.78, 5) is 22.8. The van der Waals surface area contributed by atoms with Crippen LogP contribution in [0.2, 0.25) is 0 Å². The standard InChI is InChI=1S/C15H18O4/c1-14-10-12(11-6-3-2-4-7-11)18-19-15(14,17)9-5-8-13(14)16/h2-4,6-7,12,17H,5,8-10H2,1H3/t12?,14-,15+/m1/s1. The van der Waals surface area contributed by atoms with Crippen LogP contribution in [0.3, 0.4) is 0 Å². The second-order valence-electron chi connectivity index (χ2n) is 5.68. The van der Waals surface area contributed by atoms with Crippen molar-refractivity contribution in [1.29, 1.82) is 0 Å². The second-order valence-corrected chi connectivity index (χ2v) is 5.68. The van der Waals surface area contributed by atoms with Crippen LogP contribution in [0, 0.1) is 5.41 Å². The highest BCUT2D eigenvalue weighted by molar-refractivity contribution is 5.86. The van der Waals surface area contributed by atoms with Gasteiger partial charge in [-0.3, -0.25) is 4.79 Å². The maximum absolute atomic E-state index is 12.2. The number of Topliss-reactive ketones (excluding diaryl/α,β-unsaturated/α-hetero) is 1. The van der Waals surface area contributed by atoms with Gasteiger partial charge in [0.15, 0.2) is 0 Å². The van der Waals surface area contributed by atoms with E-state index < -0.39 is 11.2 Å². The van der Waals surface area contributed by atoms with Crippen LogP contribution in [0.15, 0.2) is 30.3 Å². The van der Waals surface area contributed by atoms with Gasteiger partial charge in [-0.2, -0.15) is 4.89 Å². The minimum atomic E-state index is -1.48. The van der Waals surface area contributed by atoms with Crippen LogP contribution < -0.4 is 0 Å². The predicted molar refractivity (Wildman–Crippen MR) is 67.9 cm³/mol. The molecule has 2 fully saturated rings. The third-order valence-electron chi connectivity index (χ3n) is 4.46. The van der Waals surface area contributed by atoms with Crippen molar-refractivity contribution in [2.45, 2.75) is 44.5 Å². The topological polar surface area (TPSA) is 55.8 Å². The fourth-order valence-corrected chi connectivity index (χ4v) is 3.05. The Morgan fingerprint density at radius 2 is 2.05 bits per heavy atom. The van der Waals surface area contributed by atoms with Gasteiger partial charge in [0.05, 0.1) is 5.41 Å². The predicted octanol–water partition coefficient (Wildman–Crippen LogP) is 2.53. The largest absolute Gasteiger partial charge is 0.363 e. The lowest BCUT2D eigenvalue weighted by Gasteiger charge is -2.50. The average Bonchev–Trinajstić information content (AvgIpc) is 2.42. The molecule has 0 spiro atoms. The van der Waals surface area contributed by atoms with Gasteiger partial charge in [0, 0.05) is 12.8 Å². The number of ketones is 1. The van der Waals surface area contributed by atoms with Gasteiger partial charge in [0.1, 0.15) is 11.9 Å². The van der Waals surface area contributed by atoms with Crippen molar-refractivity contribution in [2.75, 3.05) is 0 Å². The molecule has 1 N–H and O–H groups in total. The van der Waals surface area contributed by atoms with Gasteiger partial charge in [-0.15, -0.1) is 0 Å². The normalized spacial score (nSPS) is 38.8. The van der Waals surface area contributed by atoms with Crippen LogP contribution in [0.5, 0.6) is 0 Å². The van der Waals surface area contributed by atoms with E-state index in [1.807, 2.05) is 30.3 Å². The second kappa shape index (κ2) is 4.40. The molecule has 0 radical (unpaired) electrons. The molecule has 3 atom stereocenters. The number of rotatable bonds is 1. The fraction of sp³-hybridized carbons (Fsp3) is 0.533. The molecule has 1 unspecified atom stereocenters. The Bertz CT molecular complexity index is 486. The van der Waals surface area contributed by atoms with E-state index in [0.29, 0.717) is 25.7 Å². The molecule has 4 nitrogen and oxygen atoms in total. The summed E-state index contributed by atoms with van der Waals surface area (Å²) in [6.07, 6.45) is 1.73. The first-order chi connectivity index (χ1) is 9.05. The minimum Gasteiger partial charge on any atom is -0.363 e. The van der Waals surface area contributed by atoms with E-state index in [1.165, 1.54) is 0 Å². The summed E-state index contributed by atoms with van der Waals surface area (Å²) in [5, 5.41) is 10.5. The fourth-order valence-electron chi connectivity index (χ4n) is 3.05. The lowest BCUT2D eigenvalue weighted by Crippen LogP contribution is -2.59. The number of fused-ring (bicyclic) bond motifs is 1. The number of hydrogen-bond donors (Lipinski definition) is 1. The van der Waals surface area contributed by atoms with Crippen LogP contribution in [0.4, 0.5) is 0 Å². The highest BCUT2D eigenvalue weighted by Gasteiger charge is 2.59. The summed E-state index contributed by atoms with van der Waals surface area (Å²) in [5.74, 6) is -1.42. The van der Waals surface area contributed by atoms with Crippen molar-refractivity contribution in [2.24, 2.45) is 5.41 Å². The number of benzene rings is 1. The SMILES string of the molecule is C[C@]12CC(c3ccccc3)OO[C@@]1(O)CCCC2=O. The summed E-state index contributed by atoms with van der Waals surface area (Å²) < 4.78 is 0. The molecule has 4 heteroatoms. The summed E-state index contributed by atoms with van der Waals surface area (Å²) in [7, 11) is 0. The molecule has 1 aromatic carbocycles. The van der Waals surface area contributed by atoms with E-state index >= 15 is 0 Å². The summed E-state index contributed by atoms with van der Waals surface area (Å²) in [6.45, 7) is 1.78. The Morgan fingerprint density at radius 1 is 1.32 bits per heavy atom. The molecular weight excluding hydrogens is 244 g/mol. The van der Waals surface area contributed by atoms with Gasteiger partial charge in [-0.25, -0.2) is 4.89 Å². The molecule has 0 amide bonds. The molecule has 1 saturated heterocycles. The lowest BCUT2D eigenvalue weighted by molar-refractivity contribution is -0.493. The van der Waals surface area contributed by atoms with Crippen molar-refractivity contribution >= 4 is 5.78 Å². The van der Waals surface area contributed by atoms with Crippen molar-refractivity contribution in [3.63, 3.8) is 0 Å². The molecule has 3 rings (SSSR count). The van der Waals surface area contributed by atoms with Crippen molar-refractivity contribution in [3.05, 3.63) is 35.9 Å². The third kappa shape index (κ3) is 1.91. The quantitative estimate of drug-likeness (QED) is 0.790. The van der Waals surface area contributed by atoms with Crippen LogP contribution in [0.1, 0.15) is 44.3 Å². The van der Waals surface area contributed by atoms with E-state index in [0.717, 1.165) is 5.56 Å². The van der Waals surface area contributed by atoms with E-state index in [9.17, 15) is 9.90 Å². The van der Waals surface area contributed by atoms with Gasteiger partial charge >= 0.3 is 0 Å². The minimum absolute atomic E-state index is 0.0606. The third-order valence-corrected chi connectivity index (χ3v) is 4.46. The zero-order valence-corrected chi connectivity index (χ0v) is 11.0. The molecular formula is C15H18O4. The van der Waals surface area contributed by atoms with E-state index in [4.69, 9.17) is 9.78 Å². The molecule has 1 heterocycles. The number of carbonyl (C=O) groups is 1. The molecule has 1 saturated carbocycles. The van der Waals surface area contributed by atoms with Gasteiger partial charge in [-0.05, 0) is 25.3 Å². The zero-order chi connectivity index (χ0) is 13.5.